The second kappa shape index (κ2) is 9.96. The van der Waals surface area contributed by atoms with E-state index in [4.69, 9.17) is 26.8 Å². The van der Waals surface area contributed by atoms with Crippen molar-refractivity contribution in [2.75, 3.05) is 6.61 Å². The molecule has 2 atom stereocenters. The molecule has 0 fully saturated rings. The molecule has 4 N–H and O–H groups in total. The molecular weight excluding hydrogens is 402 g/mol. The standard InChI is InChI=1S/C24H26ClNO4/c1-2-23(28)24(26,16-27)21-12-11-20(14-22(21)25)30-19-10-6-9-18(13-19)29-15-17-7-4-3-5-8-17/h3-14,23,27-28H,2,15-16,26H2,1H3. The first-order valence-electron chi connectivity index (χ1n) is 9.78. The van der Waals surface area contributed by atoms with Crippen LogP contribution < -0.4 is 15.2 Å². The number of hydrogen-bond acceptors (Lipinski definition) is 5. The maximum absolute atomic E-state index is 10.2. The van der Waals surface area contributed by atoms with Gasteiger partial charge in [-0.05, 0) is 41.8 Å². The number of aliphatic hydroxyl groups excluding tert-OH is 2. The van der Waals surface area contributed by atoms with Gasteiger partial charge in [0.2, 0.25) is 0 Å². The third kappa shape index (κ3) is 5.12. The zero-order valence-corrected chi connectivity index (χ0v) is 17.5. The fraction of sp³-hybridized carbons (Fsp3) is 0.250. The van der Waals surface area contributed by atoms with E-state index in [9.17, 15) is 10.2 Å². The second-order valence-electron chi connectivity index (χ2n) is 7.12. The van der Waals surface area contributed by atoms with Crippen molar-refractivity contribution < 1.29 is 19.7 Å². The second-order valence-corrected chi connectivity index (χ2v) is 7.52. The molecule has 0 aliphatic rings. The number of nitrogens with two attached hydrogens (primary N) is 1. The molecule has 6 heteroatoms. The van der Waals surface area contributed by atoms with E-state index in [0.717, 1.165) is 5.56 Å². The van der Waals surface area contributed by atoms with E-state index in [0.29, 0.717) is 40.9 Å². The minimum atomic E-state index is -1.34. The molecule has 30 heavy (non-hydrogen) atoms. The van der Waals surface area contributed by atoms with Crippen molar-refractivity contribution in [1.29, 1.82) is 0 Å². The van der Waals surface area contributed by atoms with Crippen molar-refractivity contribution in [2.45, 2.75) is 31.6 Å². The van der Waals surface area contributed by atoms with Crippen LogP contribution in [-0.4, -0.2) is 22.9 Å². The van der Waals surface area contributed by atoms with Gasteiger partial charge >= 0.3 is 0 Å². The molecule has 3 rings (SSSR count). The van der Waals surface area contributed by atoms with E-state index in [1.54, 1.807) is 31.2 Å². The highest BCUT2D eigenvalue weighted by atomic mass is 35.5. The van der Waals surface area contributed by atoms with Crippen LogP contribution in [0.5, 0.6) is 17.2 Å². The highest BCUT2D eigenvalue weighted by molar-refractivity contribution is 6.31. The Bertz CT molecular complexity index is 966. The summed E-state index contributed by atoms with van der Waals surface area (Å²) < 4.78 is 11.7. The molecule has 0 bridgehead atoms. The van der Waals surface area contributed by atoms with Crippen LogP contribution in [0.3, 0.4) is 0 Å². The molecule has 0 heterocycles. The molecule has 158 valence electrons. The molecule has 3 aromatic carbocycles. The van der Waals surface area contributed by atoms with Gasteiger partial charge in [0.15, 0.2) is 0 Å². The lowest BCUT2D eigenvalue weighted by molar-refractivity contribution is 0.0384. The Morgan fingerprint density at radius 1 is 0.967 bits per heavy atom. The van der Waals surface area contributed by atoms with Gasteiger partial charge in [-0.25, -0.2) is 0 Å². The third-order valence-electron chi connectivity index (χ3n) is 4.97. The SMILES string of the molecule is CCC(O)C(N)(CO)c1ccc(Oc2cccc(OCc3ccccc3)c2)cc1Cl. The Balaban J connectivity index is 1.73. The molecular formula is C24H26ClNO4. The average molecular weight is 428 g/mol. The molecule has 0 saturated heterocycles. The van der Waals surface area contributed by atoms with E-state index in [1.165, 1.54) is 0 Å². The Labute approximate surface area is 181 Å². The Kier molecular flexibility index (Phi) is 7.34. The first-order valence-corrected chi connectivity index (χ1v) is 10.2. The van der Waals surface area contributed by atoms with Crippen LogP contribution in [0.4, 0.5) is 0 Å². The van der Waals surface area contributed by atoms with Gasteiger partial charge in [-0.15, -0.1) is 0 Å². The van der Waals surface area contributed by atoms with Crippen LogP contribution in [0, 0.1) is 0 Å². The zero-order valence-electron chi connectivity index (χ0n) is 16.8. The Morgan fingerprint density at radius 3 is 2.33 bits per heavy atom. The summed E-state index contributed by atoms with van der Waals surface area (Å²) in [6, 6.07) is 22.2. The predicted molar refractivity (Wildman–Crippen MR) is 118 cm³/mol. The van der Waals surface area contributed by atoms with Crippen molar-refractivity contribution in [1.82, 2.24) is 0 Å². The van der Waals surface area contributed by atoms with Crippen LogP contribution >= 0.6 is 11.6 Å². The van der Waals surface area contributed by atoms with Crippen LogP contribution in [0.25, 0.3) is 0 Å². The van der Waals surface area contributed by atoms with E-state index >= 15 is 0 Å². The monoisotopic (exact) mass is 427 g/mol. The van der Waals surface area contributed by atoms with E-state index in [1.807, 2.05) is 48.5 Å². The normalized spacial score (nSPS) is 14.0. The minimum Gasteiger partial charge on any atom is -0.489 e. The number of halogens is 1. The molecule has 0 aromatic heterocycles. The number of benzene rings is 3. The van der Waals surface area contributed by atoms with Gasteiger partial charge in [-0.3, -0.25) is 0 Å². The smallest absolute Gasteiger partial charge is 0.131 e. The van der Waals surface area contributed by atoms with Gasteiger partial charge in [0.05, 0.1) is 18.2 Å². The van der Waals surface area contributed by atoms with Gasteiger partial charge in [0.1, 0.15) is 23.9 Å². The molecule has 0 amide bonds. The fourth-order valence-corrected chi connectivity index (χ4v) is 3.52. The fourth-order valence-electron chi connectivity index (χ4n) is 3.18. The Morgan fingerprint density at radius 2 is 1.67 bits per heavy atom. The maximum atomic E-state index is 10.2. The van der Waals surface area contributed by atoms with Crippen molar-refractivity contribution >= 4 is 11.6 Å². The Hall–Kier alpha value is -2.57. The van der Waals surface area contributed by atoms with E-state index in [2.05, 4.69) is 0 Å². The van der Waals surface area contributed by atoms with E-state index in [-0.39, 0.29) is 0 Å². The lowest BCUT2D eigenvalue weighted by Crippen LogP contribution is -2.51. The quantitative estimate of drug-likeness (QED) is 0.463. The summed E-state index contributed by atoms with van der Waals surface area (Å²) in [5.74, 6) is 1.79. The molecule has 0 aliphatic carbocycles. The van der Waals surface area contributed by atoms with Gasteiger partial charge in [-0.2, -0.15) is 0 Å². The van der Waals surface area contributed by atoms with Gasteiger partial charge < -0.3 is 25.4 Å². The molecule has 0 saturated carbocycles. The summed E-state index contributed by atoms with van der Waals surface area (Å²) in [5.41, 5.74) is 6.44. The third-order valence-corrected chi connectivity index (χ3v) is 5.29. The van der Waals surface area contributed by atoms with Crippen LogP contribution in [0.2, 0.25) is 5.02 Å². The van der Waals surface area contributed by atoms with Gasteiger partial charge in [-0.1, -0.05) is 61.0 Å². The van der Waals surface area contributed by atoms with Crippen LogP contribution in [-0.2, 0) is 12.1 Å². The summed E-state index contributed by atoms with van der Waals surface area (Å²) in [6.07, 6.45) is -0.535. The van der Waals surface area contributed by atoms with Gasteiger partial charge in [0.25, 0.3) is 0 Å². The number of aliphatic hydroxyl groups is 2. The molecule has 0 spiro atoms. The van der Waals surface area contributed by atoms with Crippen molar-refractivity contribution in [3.05, 3.63) is 88.9 Å². The van der Waals surface area contributed by atoms with E-state index < -0.39 is 18.2 Å². The summed E-state index contributed by atoms with van der Waals surface area (Å²) in [5, 5.41) is 20.3. The largest absolute Gasteiger partial charge is 0.489 e. The summed E-state index contributed by atoms with van der Waals surface area (Å²) in [7, 11) is 0. The molecule has 0 radical (unpaired) electrons. The topological polar surface area (TPSA) is 84.9 Å². The summed E-state index contributed by atoms with van der Waals surface area (Å²) in [4.78, 5) is 0. The van der Waals surface area contributed by atoms with Crippen molar-refractivity contribution in [3.63, 3.8) is 0 Å². The predicted octanol–water partition coefficient (Wildman–Crippen LogP) is 4.63. The summed E-state index contributed by atoms with van der Waals surface area (Å²) >= 11 is 6.40. The van der Waals surface area contributed by atoms with Crippen LogP contribution in [0.1, 0.15) is 24.5 Å². The lowest BCUT2D eigenvalue weighted by Gasteiger charge is -2.33. The number of ether oxygens (including phenoxy) is 2. The molecule has 0 aliphatic heterocycles. The summed E-state index contributed by atoms with van der Waals surface area (Å²) in [6.45, 7) is 1.83. The lowest BCUT2D eigenvalue weighted by atomic mass is 9.85. The first kappa shape index (κ1) is 22.1. The molecule has 3 aromatic rings. The maximum Gasteiger partial charge on any atom is 0.131 e. The zero-order chi connectivity index (χ0) is 21.6. The van der Waals surface area contributed by atoms with Gasteiger partial charge in [0, 0.05) is 11.1 Å². The van der Waals surface area contributed by atoms with Crippen molar-refractivity contribution in [3.8, 4) is 17.2 Å². The number of rotatable bonds is 9. The highest BCUT2D eigenvalue weighted by Crippen LogP contribution is 2.34. The minimum absolute atomic E-state index is 0.313. The first-order chi connectivity index (χ1) is 14.5. The highest BCUT2D eigenvalue weighted by Gasteiger charge is 2.36. The molecule has 2 unspecified atom stereocenters. The van der Waals surface area contributed by atoms with Crippen molar-refractivity contribution in [2.24, 2.45) is 5.73 Å². The molecule has 5 nitrogen and oxygen atoms in total. The average Bonchev–Trinajstić information content (AvgIpc) is 2.77. The van der Waals surface area contributed by atoms with Crippen LogP contribution in [0.15, 0.2) is 72.8 Å². The number of hydrogen-bond donors (Lipinski definition) is 3.